The second kappa shape index (κ2) is 49.4. The van der Waals surface area contributed by atoms with E-state index in [2.05, 4.69) is 112 Å². The van der Waals surface area contributed by atoms with Crippen molar-refractivity contribution < 1.29 is 0 Å². The molecule has 2 nitrogen and oxygen atoms in total. The van der Waals surface area contributed by atoms with Crippen molar-refractivity contribution in [1.82, 2.24) is 0 Å². The van der Waals surface area contributed by atoms with Crippen LogP contribution in [0.15, 0.2) is 82.8 Å². The maximum atomic E-state index is 5.46. The smallest absolute Gasteiger partial charge is 0.135 e. The van der Waals surface area contributed by atoms with E-state index in [1.165, 1.54) is 223 Å². The number of nitrogens with zero attached hydrogens (tertiary/aromatic N) is 2. The summed E-state index contributed by atoms with van der Waals surface area (Å²) in [5.41, 5.74) is 6.71. The summed E-state index contributed by atoms with van der Waals surface area (Å²) < 4.78 is 0. The highest BCUT2D eigenvalue weighted by Gasteiger charge is 2.12. The molecule has 70 heavy (non-hydrogen) atoms. The molecule has 2 heteroatoms. The van der Waals surface area contributed by atoms with E-state index in [1.54, 1.807) is 0 Å². The molecule has 0 aromatic heterocycles. The van der Waals surface area contributed by atoms with E-state index in [0.29, 0.717) is 0 Å². The van der Waals surface area contributed by atoms with Gasteiger partial charge in [-0.3, -0.25) is 4.99 Å². The predicted molar refractivity (Wildman–Crippen MR) is 317 cm³/mol. The number of aliphatic imine (C=N–C) groups is 2. The van der Waals surface area contributed by atoms with Crippen molar-refractivity contribution in [3.05, 3.63) is 84.0 Å². The van der Waals surface area contributed by atoms with Crippen LogP contribution in [0.25, 0.3) is 0 Å². The van der Waals surface area contributed by atoms with Gasteiger partial charge in [-0.25, -0.2) is 4.99 Å². The van der Waals surface area contributed by atoms with Crippen molar-refractivity contribution in [1.29, 1.82) is 0 Å². The molecule has 0 heterocycles. The lowest BCUT2D eigenvalue weighted by atomic mass is 10.0. The van der Waals surface area contributed by atoms with Gasteiger partial charge in [-0.2, -0.15) is 0 Å². The Labute approximate surface area is 436 Å². The van der Waals surface area contributed by atoms with Crippen LogP contribution in [0.4, 0.5) is 11.4 Å². The number of allylic oxidation sites excluding steroid dienone is 4. The van der Waals surface area contributed by atoms with Gasteiger partial charge in [-0.1, -0.05) is 287 Å². The van der Waals surface area contributed by atoms with E-state index < -0.39 is 0 Å². The molecule has 2 rings (SSSR count). The molecule has 0 fully saturated rings. The Morgan fingerprint density at radius 2 is 0.686 bits per heavy atom. The molecular weight excluding hydrogens is 845 g/mol. The predicted octanol–water partition coefficient (Wildman–Crippen LogP) is 23.2. The minimum absolute atomic E-state index is 0.866. The average molecular weight is 958 g/mol. The lowest BCUT2D eigenvalue weighted by molar-refractivity contribution is 0.536. The summed E-state index contributed by atoms with van der Waals surface area (Å²) in [4.78, 5) is 10.9. The first-order valence-corrected chi connectivity index (χ1v) is 30.8. The number of aryl methyl sites for hydroxylation is 2. The first-order chi connectivity index (χ1) is 34.7. The van der Waals surface area contributed by atoms with Gasteiger partial charge in [0.05, 0.1) is 17.1 Å². The Kier molecular flexibility index (Phi) is 44.4. The molecule has 0 amide bonds. The fraction of sp³-hybridized carbons (Fsp3) is 0.706. The average Bonchev–Trinajstić information content (AvgIpc) is 3.38. The van der Waals surface area contributed by atoms with Crippen LogP contribution in [0.3, 0.4) is 0 Å². The van der Waals surface area contributed by atoms with Gasteiger partial charge >= 0.3 is 0 Å². The lowest BCUT2D eigenvalue weighted by Gasteiger charge is -2.11. The number of unbranched alkanes of at least 4 members (excludes halogenated alkanes) is 35. The van der Waals surface area contributed by atoms with Gasteiger partial charge < -0.3 is 0 Å². The van der Waals surface area contributed by atoms with Crippen LogP contribution >= 0.6 is 0 Å². The molecule has 0 aliphatic rings. The number of rotatable bonds is 48. The van der Waals surface area contributed by atoms with E-state index in [1.807, 2.05) is 0 Å². The molecule has 0 radical (unpaired) electrons. The normalized spacial score (nSPS) is 12.2. The third kappa shape index (κ3) is 36.7. The van der Waals surface area contributed by atoms with Crippen LogP contribution in [-0.2, 0) is 12.8 Å². The molecule has 0 saturated heterocycles. The Hall–Kier alpha value is -3.18. The van der Waals surface area contributed by atoms with E-state index in [0.717, 1.165) is 93.4 Å². The summed E-state index contributed by atoms with van der Waals surface area (Å²) >= 11 is 0. The molecule has 0 aliphatic carbocycles. The van der Waals surface area contributed by atoms with Crippen molar-refractivity contribution in [3.8, 4) is 11.8 Å². The highest BCUT2D eigenvalue weighted by molar-refractivity contribution is 6.49. The molecule has 0 spiro atoms. The Morgan fingerprint density at radius 1 is 0.357 bits per heavy atom. The molecule has 2 aromatic rings. The Balaban J connectivity index is 1.90. The van der Waals surface area contributed by atoms with E-state index in [4.69, 9.17) is 9.98 Å². The van der Waals surface area contributed by atoms with E-state index >= 15 is 0 Å². The summed E-state index contributed by atoms with van der Waals surface area (Å²) in [6, 6.07) is 17.6. The standard InChI is InChI=1S/C68H112N2/c1-5-9-13-16-19-21-23-25-27-29-31-33-35-37-39-41-43-45-48-55-63-57-51-53-60-65(63)69-67(59-12-8-4)68(62-50-47-18-15-11-7-3)70-66-61-54-52-58-64(66)56-49-46-44-42-40-38-36-34-32-30-28-26-24-22-20-17-14-10-6-2/h41-44,51-54,57-58,60-61H,5-40,45-49,55-56,59H2,1-4H3. The van der Waals surface area contributed by atoms with Gasteiger partial charge in [0.25, 0.3) is 0 Å². The highest BCUT2D eigenvalue weighted by Crippen LogP contribution is 2.26. The molecule has 394 valence electrons. The SMILES string of the molecule is CCCCCCC#CC(=Nc1ccccc1CCCC=CCCCCCCCCCCCCCCCC)C(CCCC)=Nc1ccccc1CCCC=CCCCCCCCCCCCCCCCC. The number of hydrogen-bond acceptors (Lipinski definition) is 2. The monoisotopic (exact) mass is 957 g/mol. The minimum atomic E-state index is 0.866. The second-order valence-electron chi connectivity index (χ2n) is 21.0. The first-order valence-electron chi connectivity index (χ1n) is 30.8. The molecule has 0 atom stereocenters. The Morgan fingerprint density at radius 3 is 1.09 bits per heavy atom. The van der Waals surface area contributed by atoms with Crippen LogP contribution in [-0.4, -0.2) is 11.4 Å². The molecule has 0 unspecified atom stereocenters. The van der Waals surface area contributed by atoms with Crippen molar-refractivity contribution in [3.63, 3.8) is 0 Å². The van der Waals surface area contributed by atoms with Gasteiger partial charge in [0, 0.05) is 6.42 Å². The zero-order chi connectivity index (χ0) is 49.9. The van der Waals surface area contributed by atoms with Crippen molar-refractivity contribution in [2.45, 2.75) is 310 Å². The fourth-order valence-corrected chi connectivity index (χ4v) is 9.66. The number of para-hydroxylation sites is 2. The summed E-state index contributed by atoms with van der Waals surface area (Å²) in [5.74, 6) is 7.16. The summed E-state index contributed by atoms with van der Waals surface area (Å²) in [6.07, 6.45) is 67.5. The minimum Gasteiger partial charge on any atom is -0.250 e. The van der Waals surface area contributed by atoms with Crippen molar-refractivity contribution >= 4 is 22.8 Å². The van der Waals surface area contributed by atoms with Gasteiger partial charge in [0.1, 0.15) is 5.71 Å². The van der Waals surface area contributed by atoms with Crippen LogP contribution < -0.4 is 0 Å². The zero-order valence-corrected chi connectivity index (χ0v) is 46.9. The molecule has 0 bridgehead atoms. The molecule has 0 N–H and O–H groups in total. The molecule has 0 saturated carbocycles. The molecule has 2 aromatic carbocycles. The van der Waals surface area contributed by atoms with Crippen LogP contribution in [0.2, 0.25) is 0 Å². The molecule has 0 aliphatic heterocycles. The molecular formula is C68H112N2. The third-order valence-electron chi connectivity index (χ3n) is 14.3. The number of benzene rings is 2. The van der Waals surface area contributed by atoms with E-state index in [9.17, 15) is 0 Å². The quantitative estimate of drug-likeness (QED) is 0.0273. The van der Waals surface area contributed by atoms with Gasteiger partial charge in [0.2, 0.25) is 0 Å². The fourth-order valence-electron chi connectivity index (χ4n) is 9.66. The maximum absolute atomic E-state index is 5.46. The van der Waals surface area contributed by atoms with Crippen LogP contribution in [0.5, 0.6) is 0 Å². The first kappa shape index (κ1) is 62.9. The van der Waals surface area contributed by atoms with Crippen LogP contribution in [0, 0.1) is 11.8 Å². The lowest BCUT2D eigenvalue weighted by Crippen LogP contribution is -2.13. The Bertz CT molecular complexity index is 1650. The van der Waals surface area contributed by atoms with E-state index in [-0.39, 0.29) is 0 Å². The zero-order valence-electron chi connectivity index (χ0n) is 46.9. The highest BCUT2D eigenvalue weighted by atomic mass is 14.8. The second-order valence-corrected chi connectivity index (χ2v) is 21.0. The summed E-state index contributed by atoms with van der Waals surface area (Å²) in [6.45, 7) is 9.16. The van der Waals surface area contributed by atoms with Crippen molar-refractivity contribution in [2.24, 2.45) is 9.98 Å². The van der Waals surface area contributed by atoms with Gasteiger partial charge in [-0.05, 0) is 113 Å². The number of hydrogen-bond donors (Lipinski definition) is 0. The van der Waals surface area contributed by atoms with Gasteiger partial charge in [-0.15, -0.1) is 0 Å². The topological polar surface area (TPSA) is 24.7 Å². The summed E-state index contributed by atoms with van der Waals surface area (Å²) in [7, 11) is 0. The third-order valence-corrected chi connectivity index (χ3v) is 14.3. The van der Waals surface area contributed by atoms with Crippen LogP contribution in [0.1, 0.15) is 308 Å². The summed E-state index contributed by atoms with van der Waals surface area (Å²) in [5, 5.41) is 0. The maximum Gasteiger partial charge on any atom is 0.135 e. The largest absolute Gasteiger partial charge is 0.250 e. The van der Waals surface area contributed by atoms with Gasteiger partial charge in [0.15, 0.2) is 0 Å². The van der Waals surface area contributed by atoms with Crippen molar-refractivity contribution in [2.75, 3.05) is 0 Å².